The minimum Gasteiger partial charge on any atom is -0.352 e. The third kappa shape index (κ3) is 3.82. The summed E-state index contributed by atoms with van der Waals surface area (Å²) >= 11 is 7.16. The van der Waals surface area contributed by atoms with Gasteiger partial charge in [0.1, 0.15) is 0 Å². The summed E-state index contributed by atoms with van der Waals surface area (Å²) in [4.78, 5) is 3.46. The van der Waals surface area contributed by atoms with Crippen molar-refractivity contribution in [2.24, 2.45) is 0 Å². The van der Waals surface area contributed by atoms with E-state index < -0.39 is 0 Å². The largest absolute Gasteiger partial charge is 0.352 e. The van der Waals surface area contributed by atoms with Crippen LogP contribution in [-0.4, -0.2) is 23.6 Å². The minimum atomic E-state index is 0.762. The van der Waals surface area contributed by atoms with Crippen LogP contribution in [0, 0.1) is 0 Å². The van der Waals surface area contributed by atoms with Gasteiger partial charge in [-0.2, -0.15) is 0 Å². The van der Waals surface area contributed by atoms with Crippen molar-refractivity contribution in [1.29, 1.82) is 0 Å². The van der Waals surface area contributed by atoms with Crippen LogP contribution in [0.1, 0.15) is 4.88 Å². The minimum absolute atomic E-state index is 0.762. The summed E-state index contributed by atoms with van der Waals surface area (Å²) in [5.74, 6) is 0. The molecular weight excluding hydrogens is 260 g/mol. The van der Waals surface area contributed by atoms with Crippen molar-refractivity contribution in [2.45, 2.75) is 6.42 Å². The predicted molar refractivity (Wildman–Crippen MR) is 83.3 cm³/mol. The van der Waals surface area contributed by atoms with Crippen molar-refractivity contribution in [3.63, 3.8) is 0 Å². The van der Waals surface area contributed by atoms with Crippen LogP contribution in [-0.2, 0) is 6.42 Å². The Balaban J connectivity index is 1.82. The first-order chi connectivity index (χ1) is 8.75. The van der Waals surface area contributed by atoms with Crippen molar-refractivity contribution >= 4 is 34.4 Å². The van der Waals surface area contributed by atoms with E-state index >= 15 is 0 Å². The van der Waals surface area contributed by atoms with Crippen molar-refractivity contribution in [3.05, 3.63) is 52.7 Å². The maximum Gasteiger partial charge on any atom is 0.173 e. The Morgan fingerprint density at radius 1 is 1.22 bits per heavy atom. The molecule has 0 amide bonds. The molecule has 2 rings (SSSR count). The van der Waals surface area contributed by atoms with Gasteiger partial charge in [0.15, 0.2) is 5.11 Å². The second kappa shape index (κ2) is 6.52. The fraction of sp³-hybridized carbons (Fsp3) is 0.214. The van der Waals surface area contributed by atoms with Gasteiger partial charge in [0, 0.05) is 24.2 Å². The molecule has 4 heteroatoms. The van der Waals surface area contributed by atoms with E-state index in [9.17, 15) is 0 Å². The maximum absolute atomic E-state index is 5.37. The third-order valence-electron chi connectivity index (χ3n) is 2.65. The summed E-state index contributed by atoms with van der Waals surface area (Å²) in [6.45, 7) is 0.930. The van der Waals surface area contributed by atoms with E-state index in [1.807, 2.05) is 37.4 Å². The van der Waals surface area contributed by atoms with Gasteiger partial charge >= 0.3 is 0 Å². The lowest BCUT2D eigenvalue weighted by Crippen LogP contribution is -2.32. The van der Waals surface area contributed by atoms with E-state index in [1.165, 1.54) is 4.88 Å². The van der Waals surface area contributed by atoms with Crippen LogP contribution in [0.25, 0.3) is 0 Å². The number of nitrogens with one attached hydrogen (secondary N) is 1. The molecule has 1 aromatic carbocycles. The molecule has 0 spiro atoms. The Morgan fingerprint density at radius 3 is 2.67 bits per heavy atom. The first-order valence-corrected chi connectivity index (χ1v) is 7.14. The number of thiophene rings is 1. The maximum atomic E-state index is 5.37. The Kier molecular flexibility index (Phi) is 4.73. The third-order valence-corrected chi connectivity index (χ3v) is 4.00. The molecular formula is C14H16N2S2. The van der Waals surface area contributed by atoms with E-state index in [4.69, 9.17) is 12.2 Å². The topological polar surface area (TPSA) is 15.3 Å². The summed E-state index contributed by atoms with van der Waals surface area (Å²) in [6.07, 6.45) is 1.03. The fourth-order valence-corrected chi connectivity index (χ4v) is 2.48. The van der Waals surface area contributed by atoms with Gasteiger partial charge in [-0.15, -0.1) is 11.3 Å². The summed E-state index contributed by atoms with van der Waals surface area (Å²) in [7, 11) is 2.02. The number of nitrogens with zero attached hydrogens (tertiary/aromatic N) is 1. The average molecular weight is 276 g/mol. The van der Waals surface area contributed by atoms with Crippen LogP contribution in [0.4, 0.5) is 5.69 Å². The van der Waals surface area contributed by atoms with Gasteiger partial charge in [0.05, 0.1) is 0 Å². The van der Waals surface area contributed by atoms with Gasteiger partial charge in [-0.05, 0) is 42.2 Å². The molecule has 0 atom stereocenters. The van der Waals surface area contributed by atoms with Gasteiger partial charge < -0.3 is 10.2 Å². The lowest BCUT2D eigenvalue weighted by molar-refractivity contribution is 0.518. The average Bonchev–Trinajstić information content (AvgIpc) is 2.90. The van der Waals surface area contributed by atoms with E-state index in [0.29, 0.717) is 0 Å². The Bertz CT molecular complexity index is 480. The zero-order chi connectivity index (χ0) is 12.8. The highest BCUT2D eigenvalue weighted by Gasteiger charge is 2.04. The Labute approximate surface area is 117 Å². The number of thiocarbonyl (C=S) groups is 1. The van der Waals surface area contributed by atoms with Gasteiger partial charge in [-0.3, -0.25) is 0 Å². The van der Waals surface area contributed by atoms with Crippen LogP contribution in [0.3, 0.4) is 0 Å². The number of likely N-dealkylation sites (N-methyl/N-ethyl adjacent to an activating group) is 1. The van der Waals surface area contributed by atoms with Crippen molar-refractivity contribution in [2.75, 3.05) is 18.9 Å². The second-order valence-electron chi connectivity index (χ2n) is 4.05. The van der Waals surface area contributed by atoms with Gasteiger partial charge in [0.25, 0.3) is 0 Å². The van der Waals surface area contributed by atoms with Crippen molar-refractivity contribution in [1.82, 2.24) is 4.90 Å². The SMILES string of the molecule is CN(CCc1cccs1)C(=S)Nc1ccccc1. The molecule has 0 saturated heterocycles. The van der Waals surface area contributed by atoms with Crippen LogP contribution < -0.4 is 5.32 Å². The molecule has 1 aromatic heterocycles. The molecule has 0 fully saturated rings. The summed E-state index contributed by atoms with van der Waals surface area (Å²) in [5.41, 5.74) is 1.03. The molecule has 1 N–H and O–H groups in total. The number of para-hydroxylation sites is 1. The molecule has 1 heterocycles. The highest BCUT2D eigenvalue weighted by atomic mass is 32.1. The lowest BCUT2D eigenvalue weighted by Gasteiger charge is -2.20. The quantitative estimate of drug-likeness (QED) is 0.859. The molecule has 0 saturated carbocycles. The number of hydrogen-bond acceptors (Lipinski definition) is 2. The van der Waals surface area contributed by atoms with E-state index in [0.717, 1.165) is 23.8 Å². The highest BCUT2D eigenvalue weighted by molar-refractivity contribution is 7.80. The molecule has 0 bridgehead atoms. The van der Waals surface area contributed by atoms with E-state index in [1.54, 1.807) is 11.3 Å². The summed E-state index contributed by atoms with van der Waals surface area (Å²) in [5, 5.41) is 6.10. The molecule has 18 heavy (non-hydrogen) atoms. The zero-order valence-corrected chi connectivity index (χ0v) is 11.9. The fourth-order valence-electron chi connectivity index (χ4n) is 1.57. The second-order valence-corrected chi connectivity index (χ2v) is 5.47. The van der Waals surface area contributed by atoms with Gasteiger partial charge in [0.2, 0.25) is 0 Å². The normalized spacial score (nSPS) is 10.1. The van der Waals surface area contributed by atoms with Crippen LogP contribution in [0.15, 0.2) is 47.8 Å². The highest BCUT2D eigenvalue weighted by Crippen LogP contribution is 2.10. The molecule has 0 aliphatic heterocycles. The molecule has 0 unspecified atom stereocenters. The van der Waals surface area contributed by atoms with Crippen LogP contribution >= 0.6 is 23.6 Å². The first kappa shape index (κ1) is 13.1. The predicted octanol–water partition coefficient (Wildman–Crippen LogP) is 3.62. The van der Waals surface area contributed by atoms with Crippen LogP contribution in [0.2, 0.25) is 0 Å². The number of rotatable bonds is 4. The first-order valence-electron chi connectivity index (χ1n) is 5.85. The number of hydrogen-bond donors (Lipinski definition) is 1. The standard InChI is InChI=1S/C14H16N2S2/c1-16(10-9-13-8-5-11-18-13)14(17)15-12-6-3-2-4-7-12/h2-8,11H,9-10H2,1H3,(H,15,17). The Morgan fingerprint density at radius 2 is 2.00 bits per heavy atom. The summed E-state index contributed by atoms with van der Waals surface area (Å²) < 4.78 is 0. The van der Waals surface area contributed by atoms with E-state index in [-0.39, 0.29) is 0 Å². The zero-order valence-electron chi connectivity index (χ0n) is 10.3. The molecule has 0 aliphatic rings. The molecule has 94 valence electrons. The Hall–Kier alpha value is -1.39. The monoisotopic (exact) mass is 276 g/mol. The lowest BCUT2D eigenvalue weighted by atomic mass is 10.3. The van der Waals surface area contributed by atoms with E-state index in [2.05, 4.69) is 27.7 Å². The molecule has 0 aliphatic carbocycles. The van der Waals surface area contributed by atoms with Crippen molar-refractivity contribution in [3.8, 4) is 0 Å². The smallest absolute Gasteiger partial charge is 0.173 e. The number of anilines is 1. The summed E-state index contributed by atoms with van der Waals surface area (Å²) in [6, 6.07) is 14.3. The van der Waals surface area contributed by atoms with Gasteiger partial charge in [-0.25, -0.2) is 0 Å². The van der Waals surface area contributed by atoms with Crippen LogP contribution in [0.5, 0.6) is 0 Å². The molecule has 2 nitrogen and oxygen atoms in total. The van der Waals surface area contributed by atoms with Crippen molar-refractivity contribution < 1.29 is 0 Å². The molecule has 0 radical (unpaired) electrons. The number of benzene rings is 1. The van der Waals surface area contributed by atoms with Gasteiger partial charge in [-0.1, -0.05) is 24.3 Å². The molecule has 2 aromatic rings.